The van der Waals surface area contributed by atoms with Crippen LogP contribution in [0.2, 0.25) is 0 Å². The summed E-state index contributed by atoms with van der Waals surface area (Å²) in [7, 11) is -4.44. The number of ether oxygens (including phenoxy) is 4. The fourth-order valence-electron chi connectivity index (χ4n) is 9.59. The van der Waals surface area contributed by atoms with Gasteiger partial charge in [-0.2, -0.15) is 24.2 Å². The Bertz CT molecular complexity index is 3950. The Morgan fingerprint density at radius 3 is 1.56 bits per heavy atom. The number of rotatable bonds is 15. The summed E-state index contributed by atoms with van der Waals surface area (Å²) in [6, 6.07) is 51.5. The standard InChI is InChI=1S/C68H63N3O8S/c1-42-30-45(33-50(31-42)80(73,74)75)32-44-26-27-48(51(34-44)65(72)46-19-13-12-14-20-46)35-47-21-16-23-59(53(47)40-70)76-49-28-29-62(55(36-49)66(3,4)5)77-60-24-17-25-61(54(60)41-71)79-64-38-56(67(6,7)8)63(37-57(64)68(9,10)11)78-58-22-15-18-43(2)52(58)39-69/h12-31,33-34,36-38H,32,35H2,1-11H3,(H,73,74,75). The smallest absolute Gasteiger partial charge is 0.294 e. The van der Waals surface area contributed by atoms with E-state index < -0.39 is 26.4 Å². The molecule has 8 rings (SSSR count). The Labute approximate surface area is 470 Å². The molecule has 0 unspecified atom stereocenters. The molecule has 8 aromatic rings. The van der Waals surface area contributed by atoms with Gasteiger partial charge in [0.25, 0.3) is 10.1 Å². The molecular formula is C68H63N3O8S. The van der Waals surface area contributed by atoms with Crippen molar-refractivity contribution < 1.29 is 36.7 Å². The average molecular weight is 1080 g/mol. The number of carbonyl (C=O) groups excluding carboxylic acids is 1. The molecule has 1 N–H and O–H groups in total. The normalized spacial score (nSPS) is 11.7. The van der Waals surface area contributed by atoms with Gasteiger partial charge in [-0.3, -0.25) is 9.35 Å². The van der Waals surface area contributed by atoms with E-state index >= 15 is 0 Å². The first-order valence-electron chi connectivity index (χ1n) is 26.1. The van der Waals surface area contributed by atoms with Crippen LogP contribution in [0.1, 0.15) is 145 Å². The van der Waals surface area contributed by atoms with Crippen molar-refractivity contribution in [2.45, 2.75) is 110 Å². The van der Waals surface area contributed by atoms with Crippen LogP contribution in [0.5, 0.6) is 46.0 Å². The molecule has 0 atom stereocenters. The number of aryl methyl sites for hydroxylation is 2. The molecule has 12 heteroatoms. The second kappa shape index (κ2) is 22.8. The Morgan fingerprint density at radius 2 is 1.00 bits per heavy atom. The van der Waals surface area contributed by atoms with Crippen molar-refractivity contribution in [2.75, 3.05) is 0 Å². The Balaban J connectivity index is 1.10. The minimum atomic E-state index is -4.44. The lowest BCUT2D eigenvalue weighted by Crippen LogP contribution is -2.17. The highest BCUT2D eigenvalue weighted by Crippen LogP contribution is 2.47. The highest BCUT2D eigenvalue weighted by Gasteiger charge is 2.30. The van der Waals surface area contributed by atoms with Gasteiger partial charge in [-0.25, -0.2) is 0 Å². The van der Waals surface area contributed by atoms with Crippen molar-refractivity contribution >= 4 is 15.9 Å². The van der Waals surface area contributed by atoms with Gasteiger partial charge in [0.05, 0.1) is 16.0 Å². The van der Waals surface area contributed by atoms with E-state index in [-0.39, 0.29) is 34.0 Å². The van der Waals surface area contributed by atoms with Crippen molar-refractivity contribution in [2.24, 2.45) is 0 Å². The van der Waals surface area contributed by atoms with Gasteiger partial charge >= 0.3 is 0 Å². The van der Waals surface area contributed by atoms with Crippen LogP contribution < -0.4 is 18.9 Å². The molecule has 0 aliphatic carbocycles. The van der Waals surface area contributed by atoms with E-state index in [1.165, 1.54) is 12.1 Å². The summed E-state index contributed by atoms with van der Waals surface area (Å²) in [4.78, 5) is 14.1. The van der Waals surface area contributed by atoms with Crippen LogP contribution in [0.25, 0.3) is 0 Å². The van der Waals surface area contributed by atoms with Gasteiger partial charge in [-0.15, -0.1) is 0 Å². The number of ketones is 1. The van der Waals surface area contributed by atoms with Crippen molar-refractivity contribution in [1.29, 1.82) is 15.8 Å². The first-order valence-corrected chi connectivity index (χ1v) is 27.6. The van der Waals surface area contributed by atoms with E-state index in [1.807, 2.05) is 88.4 Å². The van der Waals surface area contributed by atoms with Gasteiger partial charge in [-0.05, 0) is 149 Å². The summed E-state index contributed by atoms with van der Waals surface area (Å²) in [5, 5.41) is 31.6. The van der Waals surface area contributed by atoms with Crippen LogP contribution >= 0.6 is 0 Å². The summed E-state index contributed by atoms with van der Waals surface area (Å²) in [5.41, 5.74) is 7.07. The molecule has 0 spiro atoms. The zero-order valence-electron chi connectivity index (χ0n) is 46.9. The summed E-state index contributed by atoms with van der Waals surface area (Å²) >= 11 is 0. The maximum absolute atomic E-state index is 14.3. The molecular weight excluding hydrogens is 1020 g/mol. The fraction of sp³-hybridized carbons (Fsp3) is 0.235. The number of benzene rings is 8. The molecule has 80 heavy (non-hydrogen) atoms. The SMILES string of the molecule is Cc1cc(Cc2ccc(Cc3cccc(Oc4ccc(Oc5cccc(Oc6cc(C(C)(C)C)c(Oc7cccc(C)c7C#N)cc6C(C)(C)C)c5C#N)c(C(C)(C)C)c4)c3C#N)c(C(=O)c3ccccc3)c2)cc(S(=O)(=O)O)c1. The fourth-order valence-corrected chi connectivity index (χ4v) is 10.2. The van der Waals surface area contributed by atoms with Gasteiger partial charge in [-0.1, -0.05) is 141 Å². The summed E-state index contributed by atoms with van der Waals surface area (Å²) in [6.45, 7) is 22.2. The monoisotopic (exact) mass is 1080 g/mol. The second-order valence-corrected chi connectivity index (χ2v) is 24.5. The van der Waals surface area contributed by atoms with Crippen LogP contribution in [0, 0.1) is 47.8 Å². The highest BCUT2D eigenvalue weighted by molar-refractivity contribution is 7.85. The van der Waals surface area contributed by atoms with E-state index in [2.05, 4.69) is 59.8 Å². The van der Waals surface area contributed by atoms with E-state index in [0.717, 1.165) is 27.8 Å². The lowest BCUT2D eigenvalue weighted by molar-refractivity contribution is 0.103. The molecule has 0 aliphatic rings. The molecule has 0 radical (unpaired) electrons. The first-order chi connectivity index (χ1) is 37.7. The van der Waals surface area contributed by atoms with Crippen LogP contribution in [0.15, 0.2) is 157 Å². The maximum atomic E-state index is 14.3. The van der Waals surface area contributed by atoms with Crippen LogP contribution in [-0.4, -0.2) is 18.8 Å². The molecule has 0 saturated heterocycles. The van der Waals surface area contributed by atoms with E-state index in [9.17, 15) is 33.6 Å². The summed E-state index contributed by atoms with van der Waals surface area (Å²) in [6.07, 6.45) is 0.501. The number of carbonyl (C=O) groups is 1. The number of hydrogen-bond donors (Lipinski definition) is 1. The van der Waals surface area contributed by atoms with Gasteiger partial charge in [0.2, 0.25) is 0 Å². The minimum Gasteiger partial charge on any atom is -0.456 e. The number of nitriles is 3. The predicted octanol–water partition coefficient (Wildman–Crippen LogP) is 16.6. The molecule has 0 heterocycles. The number of nitrogens with zero attached hydrogens (tertiary/aromatic N) is 3. The minimum absolute atomic E-state index is 0.183. The van der Waals surface area contributed by atoms with Gasteiger partial charge in [0.15, 0.2) is 5.78 Å². The zero-order chi connectivity index (χ0) is 57.9. The van der Waals surface area contributed by atoms with Crippen molar-refractivity contribution in [3.05, 3.63) is 230 Å². The van der Waals surface area contributed by atoms with E-state index in [1.54, 1.807) is 85.8 Å². The first kappa shape index (κ1) is 57.2. The third-order valence-electron chi connectivity index (χ3n) is 13.7. The van der Waals surface area contributed by atoms with Gasteiger partial charge in [0.1, 0.15) is 69.8 Å². The van der Waals surface area contributed by atoms with Crippen molar-refractivity contribution in [1.82, 2.24) is 0 Å². The van der Waals surface area contributed by atoms with Crippen molar-refractivity contribution in [3.63, 3.8) is 0 Å². The third kappa shape index (κ3) is 12.9. The Morgan fingerprint density at radius 1 is 0.475 bits per heavy atom. The average Bonchev–Trinajstić information content (AvgIpc) is 3.40. The Hall–Kier alpha value is -8.99. The maximum Gasteiger partial charge on any atom is 0.294 e. The molecule has 0 aliphatic heterocycles. The third-order valence-corrected chi connectivity index (χ3v) is 14.5. The molecule has 0 aromatic heterocycles. The molecule has 8 aromatic carbocycles. The zero-order valence-corrected chi connectivity index (χ0v) is 47.7. The van der Waals surface area contributed by atoms with Crippen LogP contribution in [0.4, 0.5) is 0 Å². The lowest BCUT2D eigenvalue weighted by Gasteiger charge is -2.29. The van der Waals surface area contributed by atoms with E-state index in [4.69, 9.17) is 18.9 Å². The molecule has 0 amide bonds. The molecule has 404 valence electrons. The topological polar surface area (TPSA) is 180 Å². The lowest BCUT2D eigenvalue weighted by atomic mass is 9.80. The largest absolute Gasteiger partial charge is 0.456 e. The quantitative estimate of drug-likeness (QED) is 0.0762. The molecule has 0 fully saturated rings. The van der Waals surface area contributed by atoms with Gasteiger partial charge in [0, 0.05) is 27.8 Å². The predicted molar refractivity (Wildman–Crippen MR) is 310 cm³/mol. The van der Waals surface area contributed by atoms with Gasteiger partial charge < -0.3 is 18.9 Å². The molecule has 0 bridgehead atoms. The molecule has 11 nitrogen and oxygen atoms in total. The van der Waals surface area contributed by atoms with Crippen LogP contribution in [0.3, 0.4) is 0 Å². The highest BCUT2D eigenvalue weighted by atomic mass is 32.2. The number of hydrogen-bond acceptors (Lipinski definition) is 10. The van der Waals surface area contributed by atoms with E-state index in [0.29, 0.717) is 85.6 Å². The Kier molecular flexibility index (Phi) is 16.3. The molecule has 0 saturated carbocycles. The van der Waals surface area contributed by atoms with Crippen molar-refractivity contribution in [3.8, 4) is 64.2 Å². The van der Waals surface area contributed by atoms with Crippen LogP contribution in [-0.2, 0) is 39.2 Å². The second-order valence-electron chi connectivity index (χ2n) is 23.0. The summed E-state index contributed by atoms with van der Waals surface area (Å²) < 4.78 is 60.5. The summed E-state index contributed by atoms with van der Waals surface area (Å²) in [5.74, 6) is 3.18.